The van der Waals surface area contributed by atoms with Crippen LogP contribution in [-0.4, -0.2) is 45.3 Å². The number of carbonyl (C=O) groups is 1. The minimum Gasteiger partial charge on any atom is -0.298 e. The largest absolute Gasteiger partial charge is 0.298 e. The van der Waals surface area contributed by atoms with Gasteiger partial charge < -0.3 is 0 Å². The van der Waals surface area contributed by atoms with Crippen molar-refractivity contribution >= 4 is 6.29 Å². The molecule has 1 saturated heterocycles. The van der Waals surface area contributed by atoms with Gasteiger partial charge >= 0.3 is 0 Å². The Morgan fingerprint density at radius 3 is 2.81 bits per heavy atom. The van der Waals surface area contributed by atoms with E-state index in [-0.39, 0.29) is 0 Å². The summed E-state index contributed by atoms with van der Waals surface area (Å²) in [4.78, 5) is 13.1. The Kier molecular flexibility index (Phi) is 2.47. The fourth-order valence-corrected chi connectivity index (χ4v) is 2.59. The summed E-state index contributed by atoms with van der Waals surface area (Å²) < 4.78 is 1.85. The number of carbonyl (C=O) groups excluding carboxylic acids is 1. The van der Waals surface area contributed by atoms with Gasteiger partial charge in [-0.1, -0.05) is 11.6 Å². The fraction of sp³-hybridized carbons (Fsp3) is 0.727. The molecule has 1 unspecified atom stereocenters. The highest BCUT2D eigenvalue weighted by Crippen LogP contribution is 2.31. The van der Waals surface area contributed by atoms with Gasteiger partial charge in [-0.05, 0) is 19.3 Å². The van der Waals surface area contributed by atoms with E-state index in [9.17, 15) is 4.79 Å². The predicted octanol–water partition coefficient (Wildman–Crippen LogP) is 0.890. The maximum Gasteiger partial charge on any atom is 0.171 e. The highest BCUT2D eigenvalue weighted by Gasteiger charge is 2.32. The Labute approximate surface area is 94.4 Å². The minimum absolute atomic E-state index is 0.404. The highest BCUT2D eigenvalue weighted by molar-refractivity contribution is 5.70. The smallest absolute Gasteiger partial charge is 0.171 e. The molecule has 1 atom stereocenters. The molecular formula is C11H16N4O. The van der Waals surface area contributed by atoms with E-state index < -0.39 is 0 Å². The summed E-state index contributed by atoms with van der Waals surface area (Å²) in [5.74, 6) is 0. The topological polar surface area (TPSA) is 51.0 Å². The van der Waals surface area contributed by atoms with Crippen molar-refractivity contribution in [3.05, 3.63) is 11.9 Å². The molecule has 2 fully saturated rings. The van der Waals surface area contributed by atoms with Crippen molar-refractivity contribution in [2.75, 3.05) is 13.1 Å². The molecule has 1 aliphatic carbocycles. The fourth-order valence-electron chi connectivity index (χ4n) is 2.59. The van der Waals surface area contributed by atoms with Gasteiger partial charge in [0.15, 0.2) is 6.29 Å². The monoisotopic (exact) mass is 220 g/mol. The van der Waals surface area contributed by atoms with Crippen LogP contribution in [0.25, 0.3) is 0 Å². The number of hydrogen-bond donors (Lipinski definition) is 0. The zero-order valence-corrected chi connectivity index (χ0v) is 9.25. The van der Waals surface area contributed by atoms with Gasteiger partial charge in [-0.25, -0.2) is 4.68 Å². The molecule has 0 aromatic carbocycles. The summed E-state index contributed by atoms with van der Waals surface area (Å²) in [6.45, 7) is 2.22. The molecule has 1 aromatic rings. The van der Waals surface area contributed by atoms with Gasteiger partial charge in [-0.2, -0.15) is 0 Å². The van der Waals surface area contributed by atoms with Crippen molar-refractivity contribution in [2.24, 2.45) is 0 Å². The zero-order valence-electron chi connectivity index (χ0n) is 9.25. The lowest BCUT2D eigenvalue weighted by molar-refractivity contribution is 0.111. The summed E-state index contributed by atoms with van der Waals surface area (Å²) in [6, 6.07) is 1.21. The quantitative estimate of drug-likeness (QED) is 0.710. The molecule has 0 N–H and O–H groups in total. The first-order chi connectivity index (χ1) is 7.86. The summed E-state index contributed by atoms with van der Waals surface area (Å²) in [7, 11) is 0. The highest BCUT2D eigenvalue weighted by atomic mass is 16.1. The maximum absolute atomic E-state index is 10.5. The second-order valence-corrected chi connectivity index (χ2v) is 4.76. The molecule has 2 aliphatic rings. The molecule has 0 amide bonds. The normalized spacial score (nSPS) is 26.9. The predicted molar refractivity (Wildman–Crippen MR) is 58.3 cm³/mol. The maximum atomic E-state index is 10.5. The molecule has 3 rings (SSSR count). The molecule has 1 saturated carbocycles. The van der Waals surface area contributed by atoms with Gasteiger partial charge in [0.25, 0.3) is 0 Å². The van der Waals surface area contributed by atoms with E-state index in [1.165, 1.54) is 19.3 Å². The van der Waals surface area contributed by atoms with Gasteiger partial charge in [0.1, 0.15) is 5.69 Å². The third kappa shape index (κ3) is 1.65. The van der Waals surface area contributed by atoms with Crippen LogP contribution in [0.2, 0.25) is 0 Å². The molecule has 5 heteroatoms. The SMILES string of the molecule is O=Cc1cn(C2CCN(C3CCC3)C2)nn1. The van der Waals surface area contributed by atoms with Crippen LogP contribution < -0.4 is 0 Å². The van der Waals surface area contributed by atoms with Crippen LogP contribution >= 0.6 is 0 Å². The third-order valence-corrected chi connectivity index (χ3v) is 3.81. The number of aromatic nitrogens is 3. The van der Waals surface area contributed by atoms with Gasteiger partial charge in [-0.15, -0.1) is 5.10 Å². The standard InChI is InChI=1S/C11H16N4O/c16-8-9-6-15(13-12-9)11-4-5-14(7-11)10-2-1-3-10/h6,8,10-11H,1-5,7H2. The number of aldehydes is 1. The van der Waals surface area contributed by atoms with Crippen molar-refractivity contribution in [1.29, 1.82) is 0 Å². The Bertz CT molecular complexity index is 385. The molecule has 0 radical (unpaired) electrons. The average Bonchev–Trinajstić information content (AvgIpc) is 2.81. The first-order valence-electron chi connectivity index (χ1n) is 5.98. The van der Waals surface area contributed by atoms with Crippen molar-refractivity contribution in [2.45, 2.75) is 37.8 Å². The number of likely N-dealkylation sites (tertiary alicyclic amines) is 1. The Morgan fingerprint density at radius 2 is 2.19 bits per heavy atom. The van der Waals surface area contributed by atoms with Crippen LogP contribution in [-0.2, 0) is 0 Å². The first-order valence-corrected chi connectivity index (χ1v) is 5.98. The summed E-state index contributed by atoms with van der Waals surface area (Å²) in [5, 5.41) is 7.83. The lowest BCUT2D eigenvalue weighted by Gasteiger charge is -2.34. The van der Waals surface area contributed by atoms with Gasteiger partial charge in [0.05, 0.1) is 12.2 Å². The molecule has 16 heavy (non-hydrogen) atoms. The van der Waals surface area contributed by atoms with Crippen LogP contribution in [0, 0.1) is 0 Å². The Morgan fingerprint density at radius 1 is 1.31 bits per heavy atom. The summed E-state index contributed by atoms with van der Waals surface area (Å²) in [6.07, 6.45) is 7.71. The zero-order chi connectivity index (χ0) is 11.0. The summed E-state index contributed by atoms with van der Waals surface area (Å²) in [5.41, 5.74) is 0.432. The van der Waals surface area contributed by atoms with Crippen LogP contribution in [0.1, 0.15) is 42.2 Å². The average molecular weight is 220 g/mol. The van der Waals surface area contributed by atoms with Crippen molar-refractivity contribution < 1.29 is 4.79 Å². The van der Waals surface area contributed by atoms with E-state index in [2.05, 4.69) is 15.2 Å². The van der Waals surface area contributed by atoms with Crippen molar-refractivity contribution in [1.82, 2.24) is 19.9 Å². The lowest BCUT2D eigenvalue weighted by Crippen LogP contribution is -2.38. The molecular weight excluding hydrogens is 204 g/mol. The number of rotatable bonds is 3. The van der Waals surface area contributed by atoms with Gasteiger partial charge in [0, 0.05) is 19.1 Å². The lowest BCUT2D eigenvalue weighted by atomic mass is 9.92. The molecule has 1 aliphatic heterocycles. The van der Waals surface area contributed by atoms with E-state index in [0.29, 0.717) is 11.7 Å². The third-order valence-electron chi connectivity index (χ3n) is 3.81. The van der Waals surface area contributed by atoms with Crippen LogP contribution in [0.15, 0.2) is 6.20 Å². The second-order valence-electron chi connectivity index (χ2n) is 4.76. The molecule has 0 spiro atoms. The number of hydrogen-bond acceptors (Lipinski definition) is 4. The van der Waals surface area contributed by atoms with Crippen molar-refractivity contribution in [3.8, 4) is 0 Å². The Hall–Kier alpha value is -1.23. The first kappa shape index (κ1) is 9.96. The molecule has 0 bridgehead atoms. The van der Waals surface area contributed by atoms with Crippen molar-refractivity contribution in [3.63, 3.8) is 0 Å². The van der Waals surface area contributed by atoms with E-state index in [4.69, 9.17) is 0 Å². The number of nitrogens with zero attached hydrogens (tertiary/aromatic N) is 4. The molecule has 2 heterocycles. The Balaban J connectivity index is 1.65. The van der Waals surface area contributed by atoms with E-state index in [1.54, 1.807) is 6.20 Å². The summed E-state index contributed by atoms with van der Waals surface area (Å²) >= 11 is 0. The van der Waals surface area contributed by atoms with Crippen LogP contribution in [0.4, 0.5) is 0 Å². The van der Waals surface area contributed by atoms with Crippen LogP contribution in [0.5, 0.6) is 0 Å². The van der Waals surface area contributed by atoms with Gasteiger partial charge in [0.2, 0.25) is 0 Å². The molecule has 1 aromatic heterocycles. The molecule has 5 nitrogen and oxygen atoms in total. The minimum atomic E-state index is 0.404. The van der Waals surface area contributed by atoms with E-state index >= 15 is 0 Å². The second kappa shape index (κ2) is 3.97. The van der Waals surface area contributed by atoms with E-state index in [0.717, 1.165) is 31.8 Å². The molecule has 86 valence electrons. The van der Waals surface area contributed by atoms with E-state index in [1.807, 2.05) is 4.68 Å². The van der Waals surface area contributed by atoms with Gasteiger partial charge in [-0.3, -0.25) is 9.69 Å². The van der Waals surface area contributed by atoms with Crippen LogP contribution in [0.3, 0.4) is 0 Å².